The van der Waals surface area contributed by atoms with Crippen LogP contribution in [0.4, 0.5) is 0 Å². The van der Waals surface area contributed by atoms with Crippen molar-refractivity contribution in [2.24, 2.45) is 0 Å². The van der Waals surface area contributed by atoms with Crippen molar-refractivity contribution >= 4 is 33.7 Å². The molecule has 80 valence electrons. The summed E-state index contributed by atoms with van der Waals surface area (Å²) in [6.45, 7) is 2.14. The number of hydrogen-bond donors (Lipinski definition) is 1. The van der Waals surface area contributed by atoms with Crippen LogP contribution in [0.2, 0.25) is 0 Å². The molecule has 1 N–H and O–H groups in total. The van der Waals surface area contributed by atoms with Gasteiger partial charge in [0.25, 0.3) is 0 Å². The maximum atomic E-state index is 11.1. The summed E-state index contributed by atoms with van der Waals surface area (Å²) in [4.78, 5) is 12.0. The molecule has 1 aliphatic rings. The van der Waals surface area contributed by atoms with Crippen molar-refractivity contribution in [3.63, 3.8) is 0 Å². The van der Waals surface area contributed by atoms with Crippen LogP contribution in [0, 0.1) is 0 Å². The molecule has 0 fully saturated rings. The zero-order valence-corrected chi connectivity index (χ0v) is 10.7. The highest BCUT2D eigenvalue weighted by atomic mass is 79.9. The molecule has 15 heavy (non-hydrogen) atoms. The van der Waals surface area contributed by atoms with Gasteiger partial charge in [-0.3, -0.25) is 0 Å². The normalized spacial score (nSPS) is 19.7. The zero-order valence-electron chi connectivity index (χ0n) is 8.29. The van der Waals surface area contributed by atoms with Crippen LogP contribution in [-0.4, -0.2) is 16.3 Å². The molecule has 1 atom stereocenters. The van der Waals surface area contributed by atoms with E-state index in [4.69, 9.17) is 5.11 Å². The van der Waals surface area contributed by atoms with Crippen molar-refractivity contribution in [2.75, 3.05) is 0 Å². The molecule has 0 saturated carbocycles. The molecule has 0 bridgehead atoms. The van der Waals surface area contributed by atoms with Gasteiger partial charge in [-0.05, 0) is 30.5 Å². The number of fused-ring (bicyclic) bond motifs is 1. The van der Waals surface area contributed by atoms with Gasteiger partial charge in [-0.25, -0.2) is 4.79 Å². The number of aromatic carboxylic acids is 1. The summed E-state index contributed by atoms with van der Waals surface area (Å²) < 4.78 is 0.855. The van der Waals surface area contributed by atoms with Crippen LogP contribution in [0.5, 0.6) is 0 Å². The number of rotatable bonds is 1. The van der Waals surface area contributed by atoms with E-state index in [-0.39, 0.29) is 0 Å². The summed E-state index contributed by atoms with van der Waals surface area (Å²) in [6.07, 6.45) is 2.09. The number of halogens is 1. The summed E-state index contributed by atoms with van der Waals surface area (Å²) in [6, 6.07) is 3.72. The molecule has 1 aromatic rings. The van der Waals surface area contributed by atoms with Gasteiger partial charge in [0, 0.05) is 14.6 Å². The fourth-order valence-corrected chi connectivity index (χ4v) is 3.48. The highest BCUT2D eigenvalue weighted by Crippen LogP contribution is 2.39. The van der Waals surface area contributed by atoms with Crippen molar-refractivity contribution in [1.82, 2.24) is 0 Å². The SMILES string of the molecule is CC1CCc2cc(Br)cc(C(=O)O)c2S1. The number of carbonyl (C=O) groups is 1. The summed E-state index contributed by atoms with van der Waals surface area (Å²) in [5.41, 5.74) is 1.58. The Balaban J connectivity index is 2.55. The Morgan fingerprint density at radius 2 is 2.33 bits per heavy atom. The fraction of sp³-hybridized carbons (Fsp3) is 0.364. The smallest absolute Gasteiger partial charge is 0.336 e. The maximum absolute atomic E-state index is 11.1. The molecule has 0 aliphatic carbocycles. The number of aryl methyl sites for hydroxylation is 1. The first-order valence-corrected chi connectivity index (χ1v) is 6.47. The third-order valence-corrected chi connectivity index (χ3v) is 4.31. The fourth-order valence-electron chi connectivity index (χ4n) is 1.75. The first-order chi connectivity index (χ1) is 7.08. The molecule has 0 spiro atoms. The number of benzene rings is 1. The molecule has 1 aliphatic heterocycles. The van der Waals surface area contributed by atoms with Crippen molar-refractivity contribution in [3.05, 3.63) is 27.7 Å². The van der Waals surface area contributed by atoms with Gasteiger partial charge in [0.2, 0.25) is 0 Å². The van der Waals surface area contributed by atoms with E-state index in [2.05, 4.69) is 22.9 Å². The Hall–Kier alpha value is -0.480. The Labute approximate surface area is 101 Å². The van der Waals surface area contributed by atoms with E-state index in [9.17, 15) is 4.79 Å². The van der Waals surface area contributed by atoms with E-state index in [0.717, 1.165) is 27.8 Å². The molecule has 0 aromatic heterocycles. The minimum atomic E-state index is -0.839. The lowest BCUT2D eigenvalue weighted by Crippen LogP contribution is -2.11. The monoisotopic (exact) mass is 286 g/mol. The van der Waals surface area contributed by atoms with Crippen LogP contribution < -0.4 is 0 Å². The predicted molar refractivity (Wildman–Crippen MR) is 64.7 cm³/mol. The highest BCUT2D eigenvalue weighted by molar-refractivity contribution is 9.10. The molecule has 1 aromatic carbocycles. The van der Waals surface area contributed by atoms with Crippen molar-refractivity contribution in [2.45, 2.75) is 29.9 Å². The Kier molecular flexibility index (Phi) is 3.07. The second-order valence-electron chi connectivity index (χ2n) is 3.71. The topological polar surface area (TPSA) is 37.3 Å². The lowest BCUT2D eigenvalue weighted by atomic mass is 10.0. The lowest BCUT2D eigenvalue weighted by molar-refractivity contribution is 0.0692. The first-order valence-electron chi connectivity index (χ1n) is 4.80. The first kappa shape index (κ1) is 11.0. The van der Waals surface area contributed by atoms with E-state index in [1.807, 2.05) is 6.07 Å². The van der Waals surface area contributed by atoms with Gasteiger partial charge in [0.15, 0.2) is 0 Å². The number of carboxylic acids is 1. The standard InChI is InChI=1S/C11H11BrO2S/c1-6-2-3-7-4-8(12)5-9(11(13)14)10(7)15-6/h4-6H,2-3H2,1H3,(H,13,14). The van der Waals surface area contributed by atoms with Crippen molar-refractivity contribution in [1.29, 1.82) is 0 Å². The molecular formula is C11H11BrO2S. The zero-order chi connectivity index (χ0) is 11.0. The lowest BCUT2D eigenvalue weighted by Gasteiger charge is -2.22. The molecule has 0 amide bonds. The molecular weight excluding hydrogens is 276 g/mol. The van der Waals surface area contributed by atoms with Gasteiger partial charge in [0.05, 0.1) is 5.56 Å². The van der Waals surface area contributed by atoms with Gasteiger partial charge >= 0.3 is 5.97 Å². The second-order valence-corrected chi connectivity index (χ2v) is 6.08. The quantitative estimate of drug-likeness (QED) is 0.858. The minimum Gasteiger partial charge on any atom is -0.478 e. The van der Waals surface area contributed by atoms with Gasteiger partial charge < -0.3 is 5.11 Å². The number of carboxylic acid groups (broad SMARTS) is 1. The number of thioether (sulfide) groups is 1. The highest BCUT2D eigenvalue weighted by Gasteiger charge is 2.22. The molecule has 1 unspecified atom stereocenters. The van der Waals surface area contributed by atoms with Crippen LogP contribution in [0.15, 0.2) is 21.5 Å². The van der Waals surface area contributed by atoms with Crippen LogP contribution in [0.25, 0.3) is 0 Å². The van der Waals surface area contributed by atoms with Crippen LogP contribution in [0.1, 0.15) is 29.3 Å². The van der Waals surface area contributed by atoms with E-state index >= 15 is 0 Å². The summed E-state index contributed by atoms with van der Waals surface area (Å²) in [5.74, 6) is -0.839. The summed E-state index contributed by atoms with van der Waals surface area (Å²) in [5, 5.41) is 9.63. The average Bonchev–Trinajstić information content (AvgIpc) is 2.17. The number of hydrogen-bond acceptors (Lipinski definition) is 2. The Morgan fingerprint density at radius 1 is 1.60 bits per heavy atom. The average molecular weight is 287 g/mol. The van der Waals surface area contributed by atoms with E-state index < -0.39 is 5.97 Å². The Bertz CT molecular complexity index is 417. The van der Waals surface area contributed by atoms with Crippen LogP contribution >= 0.6 is 27.7 Å². The Morgan fingerprint density at radius 3 is 3.00 bits per heavy atom. The molecule has 4 heteroatoms. The minimum absolute atomic E-state index is 0.427. The van der Waals surface area contributed by atoms with Crippen molar-refractivity contribution < 1.29 is 9.90 Å². The predicted octanol–water partition coefficient (Wildman–Crippen LogP) is 3.57. The molecule has 2 nitrogen and oxygen atoms in total. The summed E-state index contributed by atoms with van der Waals surface area (Å²) in [7, 11) is 0. The van der Waals surface area contributed by atoms with E-state index in [1.165, 1.54) is 0 Å². The van der Waals surface area contributed by atoms with Crippen molar-refractivity contribution in [3.8, 4) is 0 Å². The van der Waals surface area contributed by atoms with Gasteiger partial charge in [-0.15, -0.1) is 11.8 Å². The summed E-state index contributed by atoms with van der Waals surface area (Å²) >= 11 is 5.03. The third kappa shape index (κ3) is 2.21. The van der Waals surface area contributed by atoms with Gasteiger partial charge in [-0.2, -0.15) is 0 Å². The van der Waals surface area contributed by atoms with E-state index in [1.54, 1.807) is 17.8 Å². The largest absolute Gasteiger partial charge is 0.478 e. The molecule has 0 saturated heterocycles. The molecule has 2 rings (SSSR count). The van der Waals surface area contributed by atoms with Crippen LogP contribution in [0.3, 0.4) is 0 Å². The van der Waals surface area contributed by atoms with Gasteiger partial charge in [0.1, 0.15) is 0 Å². The van der Waals surface area contributed by atoms with Crippen LogP contribution in [-0.2, 0) is 6.42 Å². The van der Waals surface area contributed by atoms with Gasteiger partial charge in [-0.1, -0.05) is 22.9 Å². The third-order valence-electron chi connectivity index (χ3n) is 2.50. The van der Waals surface area contributed by atoms with E-state index in [0.29, 0.717) is 10.8 Å². The second kappa shape index (κ2) is 4.18. The maximum Gasteiger partial charge on any atom is 0.336 e. The molecule has 0 radical (unpaired) electrons. The molecule has 1 heterocycles.